The molecule has 0 bridgehead atoms. The Balaban J connectivity index is 1.29. The molecule has 2 aromatic heterocycles. The summed E-state index contributed by atoms with van der Waals surface area (Å²) in [6.45, 7) is 2.86. The first-order chi connectivity index (χ1) is 16.1. The molecule has 1 aliphatic heterocycles. The van der Waals surface area contributed by atoms with Crippen LogP contribution in [0.1, 0.15) is 45.0 Å². The first-order valence-electron chi connectivity index (χ1n) is 11.0. The lowest BCUT2D eigenvalue weighted by Gasteiger charge is -2.16. The van der Waals surface area contributed by atoms with Gasteiger partial charge in [0.25, 0.3) is 11.8 Å². The summed E-state index contributed by atoms with van der Waals surface area (Å²) in [5.41, 5.74) is 4.85. The Labute approximate surface area is 191 Å². The summed E-state index contributed by atoms with van der Waals surface area (Å²) in [6.07, 6.45) is 6.86. The number of aromatic nitrogens is 2. The van der Waals surface area contributed by atoms with Crippen LogP contribution in [0.2, 0.25) is 0 Å². The van der Waals surface area contributed by atoms with E-state index >= 15 is 0 Å². The molecule has 7 heteroatoms. The van der Waals surface area contributed by atoms with Crippen molar-refractivity contribution in [3.8, 4) is 11.4 Å². The maximum Gasteiger partial charge on any atom is 0.291 e. The van der Waals surface area contributed by atoms with Gasteiger partial charge in [0.1, 0.15) is 5.82 Å². The van der Waals surface area contributed by atoms with E-state index in [0.717, 1.165) is 29.9 Å². The quantitative estimate of drug-likeness (QED) is 0.441. The zero-order valence-electron chi connectivity index (χ0n) is 18.3. The highest BCUT2D eigenvalue weighted by molar-refractivity contribution is 6.07. The summed E-state index contributed by atoms with van der Waals surface area (Å²) in [6, 6.07) is 16.2. The fraction of sp³-hybridized carbons (Fsp3) is 0.192. The summed E-state index contributed by atoms with van der Waals surface area (Å²) >= 11 is 0. The number of nitrogens with one attached hydrogen (secondary N) is 2. The fourth-order valence-electron chi connectivity index (χ4n) is 4.06. The zero-order chi connectivity index (χ0) is 22.8. The number of rotatable bonds is 5. The lowest BCUT2D eigenvalue weighted by atomic mass is 10.1. The normalized spacial score (nSPS) is 12.8. The molecule has 0 aliphatic carbocycles. The van der Waals surface area contributed by atoms with Gasteiger partial charge in [0.05, 0.1) is 6.26 Å². The van der Waals surface area contributed by atoms with Crippen molar-refractivity contribution < 1.29 is 14.0 Å². The third-order valence-corrected chi connectivity index (χ3v) is 5.90. The van der Waals surface area contributed by atoms with Gasteiger partial charge in [-0.15, -0.1) is 0 Å². The van der Waals surface area contributed by atoms with Crippen LogP contribution < -0.4 is 10.6 Å². The third kappa shape index (κ3) is 4.30. The maximum absolute atomic E-state index is 12.8. The molecule has 0 radical (unpaired) electrons. The molecule has 2 aromatic carbocycles. The first kappa shape index (κ1) is 20.8. The Morgan fingerprint density at radius 1 is 1.00 bits per heavy atom. The van der Waals surface area contributed by atoms with Gasteiger partial charge in [-0.25, -0.2) is 4.98 Å². The van der Waals surface area contributed by atoms with Crippen LogP contribution in [0.3, 0.4) is 0 Å². The van der Waals surface area contributed by atoms with E-state index in [4.69, 9.17) is 4.42 Å². The lowest BCUT2D eigenvalue weighted by Crippen LogP contribution is -2.15. The molecule has 7 nitrogen and oxygen atoms in total. The van der Waals surface area contributed by atoms with E-state index in [1.54, 1.807) is 30.3 Å². The summed E-state index contributed by atoms with van der Waals surface area (Å²) in [5, 5.41) is 5.72. The number of imidazole rings is 1. The van der Waals surface area contributed by atoms with Crippen LogP contribution in [0.15, 0.2) is 71.5 Å². The topological polar surface area (TPSA) is 89.2 Å². The highest BCUT2D eigenvalue weighted by Gasteiger charge is 2.16. The molecule has 33 heavy (non-hydrogen) atoms. The Hall–Kier alpha value is -4.13. The summed E-state index contributed by atoms with van der Waals surface area (Å²) in [7, 11) is 0. The minimum absolute atomic E-state index is 0.211. The summed E-state index contributed by atoms with van der Waals surface area (Å²) < 4.78 is 7.41. The molecule has 1 aliphatic rings. The molecular formula is C26H24N4O3. The van der Waals surface area contributed by atoms with Crippen LogP contribution in [-0.2, 0) is 13.0 Å². The molecule has 166 valence electrons. The van der Waals surface area contributed by atoms with Crippen LogP contribution in [-0.4, -0.2) is 21.4 Å². The number of furan rings is 1. The van der Waals surface area contributed by atoms with Crippen LogP contribution in [0.4, 0.5) is 11.4 Å². The number of anilines is 2. The van der Waals surface area contributed by atoms with Crippen molar-refractivity contribution >= 4 is 23.2 Å². The van der Waals surface area contributed by atoms with Gasteiger partial charge in [-0.1, -0.05) is 6.07 Å². The molecule has 0 saturated heterocycles. The van der Waals surface area contributed by atoms with Gasteiger partial charge in [-0.3, -0.25) is 9.59 Å². The Morgan fingerprint density at radius 3 is 2.64 bits per heavy atom. The number of amides is 2. The molecule has 0 unspecified atom stereocenters. The van der Waals surface area contributed by atoms with E-state index in [1.807, 2.05) is 37.4 Å². The van der Waals surface area contributed by atoms with Crippen LogP contribution in [0, 0.1) is 6.92 Å². The largest absolute Gasteiger partial charge is 0.459 e. The maximum atomic E-state index is 12.8. The number of carbonyl (C=O) groups excluding carboxylic acids is 2. The average Bonchev–Trinajstić information content (AvgIpc) is 3.51. The molecular weight excluding hydrogens is 416 g/mol. The van der Waals surface area contributed by atoms with E-state index in [2.05, 4.69) is 20.2 Å². The number of aryl methyl sites for hydroxylation is 2. The molecule has 2 N–H and O–H groups in total. The van der Waals surface area contributed by atoms with Crippen molar-refractivity contribution in [3.63, 3.8) is 0 Å². The first-order valence-corrected chi connectivity index (χ1v) is 11.0. The van der Waals surface area contributed by atoms with Gasteiger partial charge < -0.3 is 19.6 Å². The molecule has 0 saturated carbocycles. The van der Waals surface area contributed by atoms with Gasteiger partial charge in [0.2, 0.25) is 0 Å². The number of nitrogens with zero attached hydrogens (tertiary/aromatic N) is 2. The van der Waals surface area contributed by atoms with Crippen LogP contribution in [0.5, 0.6) is 0 Å². The number of fused-ring (bicyclic) bond motifs is 1. The Morgan fingerprint density at radius 2 is 1.85 bits per heavy atom. The van der Waals surface area contributed by atoms with Crippen molar-refractivity contribution in [2.45, 2.75) is 32.7 Å². The second-order valence-corrected chi connectivity index (χ2v) is 8.17. The van der Waals surface area contributed by atoms with Gasteiger partial charge in [0, 0.05) is 40.9 Å². The van der Waals surface area contributed by atoms with Gasteiger partial charge >= 0.3 is 0 Å². The van der Waals surface area contributed by atoms with E-state index in [1.165, 1.54) is 24.8 Å². The standard InChI is InChI=1S/C26H24N4O3/c1-17-7-8-19(15-22(17)29-26(32)23-6-4-14-33-23)25(31)28-20-11-9-18(10-12-20)24-27-16-21-5-2-3-13-30(21)24/h4,6-12,14-16H,2-3,5,13H2,1H3,(H,28,31)(H,29,32). The highest BCUT2D eigenvalue weighted by atomic mass is 16.3. The number of hydrogen-bond acceptors (Lipinski definition) is 4. The van der Waals surface area contributed by atoms with Crippen molar-refractivity contribution in [2.24, 2.45) is 0 Å². The molecule has 2 amide bonds. The minimum Gasteiger partial charge on any atom is -0.459 e. The summed E-state index contributed by atoms with van der Waals surface area (Å²) in [4.78, 5) is 29.7. The van der Waals surface area contributed by atoms with E-state index in [0.29, 0.717) is 16.9 Å². The molecule has 0 fully saturated rings. The lowest BCUT2D eigenvalue weighted by molar-refractivity contribution is 0.0993. The molecule has 0 spiro atoms. The van der Waals surface area contributed by atoms with Gasteiger partial charge in [-0.2, -0.15) is 0 Å². The van der Waals surface area contributed by atoms with E-state index in [9.17, 15) is 9.59 Å². The second kappa shape index (κ2) is 8.78. The second-order valence-electron chi connectivity index (χ2n) is 8.17. The van der Waals surface area contributed by atoms with Gasteiger partial charge in [-0.05, 0) is 80.3 Å². The smallest absolute Gasteiger partial charge is 0.291 e. The van der Waals surface area contributed by atoms with Crippen molar-refractivity contribution in [2.75, 3.05) is 10.6 Å². The molecule has 5 rings (SSSR count). The van der Waals surface area contributed by atoms with Crippen LogP contribution in [0.25, 0.3) is 11.4 Å². The Kier molecular flexibility index (Phi) is 5.52. The Bertz CT molecular complexity index is 1300. The SMILES string of the molecule is Cc1ccc(C(=O)Nc2ccc(-c3ncc4n3CCCC4)cc2)cc1NC(=O)c1ccco1. The van der Waals surface area contributed by atoms with E-state index in [-0.39, 0.29) is 17.6 Å². The highest BCUT2D eigenvalue weighted by Crippen LogP contribution is 2.26. The van der Waals surface area contributed by atoms with Crippen molar-refractivity contribution in [1.82, 2.24) is 9.55 Å². The zero-order valence-corrected chi connectivity index (χ0v) is 18.3. The average molecular weight is 441 g/mol. The van der Waals surface area contributed by atoms with Crippen LogP contribution >= 0.6 is 0 Å². The van der Waals surface area contributed by atoms with Crippen molar-refractivity contribution in [3.05, 3.63) is 89.6 Å². The van der Waals surface area contributed by atoms with E-state index < -0.39 is 0 Å². The molecule has 0 atom stereocenters. The monoisotopic (exact) mass is 440 g/mol. The van der Waals surface area contributed by atoms with Crippen molar-refractivity contribution in [1.29, 1.82) is 0 Å². The summed E-state index contributed by atoms with van der Waals surface area (Å²) in [5.74, 6) is 0.563. The predicted molar refractivity (Wildman–Crippen MR) is 126 cm³/mol. The van der Waals surface area contributed by atoms with Gasteiger partial charge in [0.15, 0.2) is 5.76 Å². The molecule has 3 heterocycles. The predicted octanol–water partition coefficient (Wildman–Crippen LogP) is 5.29. The number of carbonyl (C=O) groups is 2. The number of benzene rings is 2. The fourth-order valence-corrected chi connectivity index (χ4v) is 4.06. The molecule has 4 aromatic rings. The third-order valence-electron chi connectivity index (χ3n) is 5.90. The minimum atomic E-state index is -0.363. The number of hydrogen-bond donors (Lipinski definition) is 2.